The fourth-order valence-electron chi connectivity index (χ4n) is 3.31. The van der Waals surface area contributed by atoms with Crippen molar-refractivity contribution in [2.45, 2.75) is 25.4 Å². The van der Waals surface area contributed by atoms with Crippen LogP contribution in [0.2, 0.25) is 5.02 Å². The molecule has 1 aliphatic heterocycles. The summed E-state index contributed by atoms with van der Waals surface area (Å²) >= 11 is 6.07. The smallest absolute Gasteiger partial charge is 0.254 e. The average molecular weight is 446 g/mol. The summed E-state index contributed by atoms with van der Waals surface area (Å²) in [6.45, 7) is 1.45. The van der Waals surface area contributed by atoms with Crippen molar-refractivity contribution in [1.29, 1.82) is 0 Å². The molecule has 2 aromatic heterocycles. The lowest BCUT2D eigenvalue weighted by Gasteiger charge is -2.22. The molecule has 0 spiro atoms. The minimum atomic E-state index is -0.707. The standard InChI is InChI=1S/C20H21ClFN7O2/c21-16-2-1-3-17(22)14(16)9-24-19-15(18(23)30)10-25-20(28-19)27-12-8-26-29(11-12)13-4-6-31-7-5-13/h1-3,8,10-11,13H,4-7,9H2,(H2,23,30)(H2,24,25,27,28). The van der Waals surface area contributed by atoms with Crippen molar-refractivity contribution in [2.24, 2.45) is 5.73 Å². The Bertz CT molecular complexity index is 1060. The van der Waals surface area contributed by atoms with Gasteiger partial charge >= 0.3 is 0 Å². The largest absolute Gasteiger partial charge is 0.381 e. The lowest BCUT2D eigenvalue weighted by Crippen LogP contribution is -2.19. The molecule has 9 nitrogen and oxygen atoms in total. The Morgan fingerprint density at radius 3 is 2.87 bits per heavy atom. The fourth-order valence-corrected chi connectivity index (χ4v) is 3.54. The first-order valence-corrected chi connectivity index (χ1v) is 10.1. The maximum Gasteiger partial charge on any atom is 0.254 e. The van der Waals surface area contributed by atoms with E-state index < -0.39 is 11.7 Å². The zero-order valence-corrected chi connectivity index (χ0v) is 17.3. The molecule has 4 rings (SSSR count). The van der Waals surface area contributed by atoms with Crippen LogP contribution in [0.15, 0.2) is 36.8 Å². The lowest BCUT2D eigenvalue weighted by molar-refractivity contribution is 0.0662. The number of aromatic nitrogens is 4. The van der Waals surface area contributed by atoms with Gasteiger partial charge < -0.3 is 21.1 Å². The minimum absolute atomic E-state index is 0.0178. The summed E-state index contributed by atoms with van der Waals surface area (Å²) in [7, 11) is 0. The van der Waals surface area contributed by atoms with Gasteiger partial charge in [0.05, 0.1) is 23.5 Å². The van der Waals surface area contributed by atoms with E-state index >= 15 is 0 Å². The molecule has 162 valence electrons. The highest BCUT2D eigenvalue weighted by Gasteiger charge is 2.18. The lowest BCUT2D eigenvalue weighted by atomic mass is 10.1. The Balaban J connectivity index is 1.51. The number of hydrogen-bond donors (Lipinski definition) is 3. The van der Waals surface area contributed by atoms with E-state index in [-0.39, 0.29) is 40.5 Å². The molecule has 0 atom stereocenters. The summed E-state index contributed by atoms with van der Waals surface area (Å²) in [4.78, 5) is 20.2. The average Bonchev–Trinajstić information content (AvgIpc) is 3.22. The molecule has 1 aliphatic rings. The zero-order valence-electron chi connectivity index (χ0n) is 16.5. The number of halogens is 2. The second-order valence-electron chi connectivity index (χ2n) is 7.05. The van der Waals surface area contributed by atoms with Crippen LogP contribution in [0.4, 0.5) is 21.8 Å². The van der Waals surface area contributed by atoms with Gasteiger partial charge in [-0.2, -0.15) is 10.1 Å². The number of benzene rings is 1. The Morgan fingerprint density at radius 2 is 2.13 bits per heavy atom. The minimum Gasteiger partial charge on any atom is -0.381 e. The summed E-state index contributed by atoms with van der Waals surface area (Å²) in [5.74, 6) is -0.769. The van der Waals surface area contributed by atoms with Gasteiger partial charge in [0.1, 0.15) is 11.6 Å². The number of amides is 1. The second-order valence-corrected chi connectivity index (χ2v) is 7.46. The highest BCUT2D eigenvalue weighted by Crippen LogP contribution is 2.24. The van der Waals surface area contributed by atoms with Gasteiger partial charge in [-0.15, -0.1) is 0 Å². The normalized spacial score (nSPS) is 14.4. The SMILES string of the molecule is NC(=O)c1cnc(Nc2cnn(C3CCOCC3)c2)nc1NCc1c(F)cccc1Cl. The summed E-state index contributed by atoms with van der Waals surface area (Å²) in [6.07, 6.45) is 6.65. The number of nitrogens with one attached hydrogen (secondary N) is 2. The van der Waals surface area contributed by atoms with Gasteiger partial charge in [-0.1, -0.05) is 17.7 Å². The van der Waals surface area contributed by atoms with Crippen LogP contribution in [-0.4, -0.2) is 38.9 Å². The molecule has 0 bridgehead atoms. The fraction of sp³-hybridized carbons (Fsp3) is 0.300. The molecule has 3 aromatic rings. The van der Waals surface area contributed by atoms with Crippen molar-refractivity contribution >= 4 is 35.0 Å². The molecule has 3 heterocycles. The Kier molecular flexibility index (Phi) is 6.28. The van der Waals surface area contributed by atoms with E-state index in [1.54, 1.807) is 12.3 Å². The highest BCUT2D eigenvalue weighted by atomic mass is 35.5. The Labute approximate surface area is 182 Å². The maximum absolute atomic E-state index is 14.1. The summed E-state index contributed by atoms with van der Waals surface area (Å²) in [6, 6.07) is 4.69. The number of nitrogens with two attached hydrogens (primary N) is 1. The topological polar surface area (TPSA) is 120 Å². The number of anilines is 3. The quantitative estimate of drug-likeness (QED) is 0.510. The summed E-state index contributed by atoms with van der Waals surface area (Å²) in [5, 5.41) is 10.6. The van der Waals surface area contributed by atoms with Crippen LogP contribution >= 0.6 is 11.6 Å². The first-order valence-electron chi connectivity index (χ1n) is 9.74. The van der Waals surface area contributed by atoms with E-state index in [0.29, 0.717) is 18.9 Å². The first kappa shape index (κ1) is 21.0. The van der Waals surface area contributed by atoms with E-state index in [1.807, 2.05) is 10.9 Å². The maximum atomic E-state index is 14.1. The van der Waals surface area contributed by atoms with Crippen LogP contribution < -0.4 is 16.4 Å². The van der Waals surface area contributed by atoms with Crippen LogP contribution in [0.25, 0.3) is 0 Å². The number of rotatable bonds is 7. The number of primary amides is 1. The Hall–Kier alpha value is -3.24. The number of carbonyl (C=O) groups is 1. The molecule has 1 aromatic carbocycles. The van der Waals surface area contributed by atoms with Gasteiger partial charge in [-0.25, -0.2) is 9.37 Å². The molecular formula is C20H21ClFN7O2. The van der Waals surface area contributed by atoms with E-state index in [4.69, 9.17) is 22.1 Å². The number of carbonyl (C=O) groups excluding carboxylic acids is 1. The van der Waals surface area contributed by atoms with Gasteiger partial charge in [0.25, 0.3) is 5.91 Å². The van der Waals surface area contributed by atoms with Crippen molar-refractivity contribution in [3.8, 4) is 0 Å². The number of nitrogens with zero attached hydrogens (tertiary/aromatic N) is 4. The molecule has 0 radical (unpaired) electrons. The zero-order chi connectivity index (χ0) is 21.8. The van der Waals surface area contributed by atoms with Gasteiger partial charge in [-0.05, 0) is 25.0 Å². The molecular weight excluding hydrogens is 425 g/mol. The molecule has 11 heteroatoms. The van der Waals surface area contributed by atoms with Crippen molar-refractivity contribution in [3.63, 3.8) is 0 Å². The van der Waals surface area contributed by atoms with E-state index in [1.165, 1.54) is 18.3 Å². The molecule has 0 saturated carbocycles. The molecule has 0 aliphatic carbocycles. The van der Waals surface area contributed by atoms with E-state index in [9.17, 15) is 9.18 Å². The Morgan fingerprint density at radius 1 is 1.32 bits per heavy atom. The van der Waals surface area contributed by atoms with E-state index in [2.05, 4.69) is 25.7 Å². The van der Waals surface area contributed by atoms with Crippen LogP contribution in [-0.2, 0) is 11.3 Å². The van der Waals surface area contributed by atoms with Gasteiger partial charge in [0.2, 0.25) is 5.95 Å². The molecule has 4 N–H and O–H groups in total. The third-order valence-corrected chi connectivity index (χ3v) is 5.33. The molecule has 0 unspecified atom stereocenters. The van der Waals surface area contributed by atoms with Crippen molar-refractivity contribution in [1.82, 2.24) is 19.7 Å². The molecule has 1 saturated heterocycles. The van der Waals surface area contributed by atoms with Gasteiger partial charge in [-0.3, -0.25) is 9.48 Å². The highest BCUT2D eigenvalue weighted by molar-refractivity contribution is 6.31. The first-order chi connectivity index (χ1) is 15.0. The predicted octanol–water partition coefficient (Wildman–Crippen LogP) is 3.27. The van der Waals surface area contributed by atoms with Crippen LogP contribution in [0.1, 0.15) is 34.8 Å². The third-order valence-electron chi connectivity index (χ3n) is 4.97. The third kappa shape index (κ3) is 4.92. The predicted molar refractivity (Wildman–Crippen MR) is 114 cm³/mol. The molecule has 1 amide bonds. The summed E-state index contributed by atoms with van der Waals surface area (Å²) < 4.78 is 21.3. The van der Waals surface area contributed by atoms with Crippen LogP contribution in [0, 0.1) is 5.82 Å². The van der Waals surface area contributed by atoms with Gasteiger partial charge in [0.15, 0.2) is 0 Å². The van der Waals surface area contributed by atoms with Crippen molar-refractivity contribution in [2.75, 3.05) is 23.8 Å². The van der Waals surface area contributed by atoms with Crippen molar-refractivity contribution < 1.29 is 13.9 Å². The second kappa shape index (κ2) is 9.27. The van der Waals surface area contributed by atoms with Crippen LogP contribution in [0.3, 0.4) is 0 Å². The monoisotopic (exact) mass is 445 g/mol. The summed E-state index contributed by atoms with van der Waals surface area (Å²) in [5.41, 5.74) is 6.46. The number of hydrogen-bond acceptors (Lipinski definition) is 7. The number of ether oxygens (including phenoxy) is 1. The van der Waals surface area contributed by atoms with Crippen LogP contribution in [0.5, 0.6) is 0 Å². The van der Waals surface area contributed by atoms with E-state index in [0.717, 1.165) is 12.8 Å². The molecule has 1 fully saturated rings. The molecule has 31 heavy (non-hydrogen) atoms. The van der Waals surface area contributed by atoms with Gasteiger partial charge in [0, 0.05) is 42.7 Å². The van der Waals surface area contributed by atoms with Crippen molar-refractivity contribution in [3.05, 3.63) is 58.8 Å².